The number of aliphatic imine (C=N–C) groups is 1. The molecule has 0 atom stereocenters. The molecule has 0 saturated heterocycles. The number of allylic oxidation sites excluding steroid dienone is 1. The lowest BCUT2D eigenvalue weighted by atomic mass is 9.81. The Morgan fingerprint density at radius 1 is 0.952 bits per heavy atom. The summed E-state index contributed by atoms with van der Waals surface area (Å²) in [4.78, 5) is 9.03. The third-order valence-electron chi connectivity index (χ3n) is 4.06. The van der Waals surface area contributed by atoms with Crippen molar-refractivity contribution in [3.63, 3.8) is 0 Å². The zero-order valence-electron chi connectivity index (χ0n) is 11.8. The van der Waals surface area contributed by atoms with Gasteiger partial charge in [-0.2, -0.15) is 0 Å². The minimum Gasteiger partial charge on any atom is -0.287 e. The van der Waals surface area contributed by atoms with Crippen LogP contribution in [-0.4, -0.2) is 17.7 Å². The lowest BCUT2D eigenvalue weighted by molar-refractivity contribution is 1.30. The zero-order chi connectivity index (χ0) is 14.4. The molecular weight excluding hydrogens is 256 g/mol. The fraction of sp³-hybridized carbons (Fsp3) is 0.0526. The van der Waals surface area contributed by atoms with E-state index in [1.165, 1.54) is 10.8 Å². The van der Waals surface area contributed by atoms with Crippen molar-refractivity contribution in [3.05, 3.63) is 72.4 Å². The van der Waals surface area contributed by atoms with E-state index >= 15 is 0 Å². The van der Waals surface area contributed by atoms with Gasteiger partial charge in [-0.25, -0.2) is 0 Å². The largest absolute Gasteiger partial charge is 0.287 e. The first kappa shape index (κ1) is 12.0. The number of hydrogen-bond donors (Lipinski definition) is 0. The molecule has 1 aliphatic rings. The molecule has 0 saturated carbocycles. The molecule has 4 rings (SSSR count). The Morgan fingerprint density at radius 2 is 1.81 bits per heavy atom. The third-order valence-corrected chi connectivity index (χ3v) is 4.06. The van der Waals surface area contributed by atoms with E-state index in [1.807, 2.05) is 19.3 Å². The second-order valence-electron chi connectivity index (χ2n) is 5.16. The fourth-order valence-electron chi connectivity index (χ4n) is 3.14. The highest BCUT2D eigenvalue weighted by atomic mass is 14.7. The van der Waals surface area contributed by atoms with Crippen molar-refractivity contribution < 1.29 is 0 Å². The average molecular weight is 270 g/mol. The number of aromatic nitrogens is 1. The maximum Gasteiger partial charge on any atom is 0.0802 e. The van der Waals surface area contributed by atoms with Crippen LogP contribution in [0.25, 0.3) is 27.6 Å². The van der Waals surface area contributed by atoms with Crippen LogP contribution in [0.1, 0.15) is 11.1 Å². The van der Waals surface area contributed by atoms with Crippen LogP contribution >= 0.6 is 0 Å². The summed E-state index contributed by atoms with van der Waals surface area (Å²) in [6, 6.07) is 16.7. The Hall–Kier alpha value is -2.74. The zero-order valence-corrected chi connectivity index (χ0v) is 11.8. The third kappa shape index (κ3) is 1.59. The van der Waals surface area contributed by atoms with Crippen LogP contribution in [-0.2, 0) is 0 Å². The molecule has 0 spiro atoms. The molecule has 2 heteroatoms. The summed E-state index contributed by atoms with van der Waals surface area (Å²) in [6.07, 6.45) is 1.83. The highest BCUT2D eigenvalue weighted by Crippen LogP contribution is 2.41. The van der Waals surface area contributed by atoms with E-state index in [0.29, 0.717) is 0 Å². The van der Waals surface area contributed by atoms with Crippen molar-refractivity contribution in [1.82, 2.24) is 4.98 Å². The quantitative estimate of drug-likeness (QED) is 0.596. The highest BCUT2D eigenvalue weighted by molar-refractivity contribution is 6.38. The summed E-state index contributed by atoms with van der Waals surface area (Å²) in [6.45, 7) is 4.30. The Morgan fingerprint density at radius 3 is 2.67 bits per heavy atom. The van der Waals surface area contributed by atoms with E-state index < -0.39 is 0 Å². The Balaban J connectivity index is 2.19. The maximum absolute atomic E-state index is 4.58. The van der Waals surface area contributed by atoms with Gasteiger partial charge in [-0.05, 0) is 22.9 Å². The second-order valence-corrected chi connectivity index (χ2v) is 5.16. The number of fused-ring (bicyclic) bond motifs is 5. The molecule has 3 aromatic rings. The van der Waals surface area contributed by atoms with Crippen LogP contribution in [0.3, 0.4) is 0 Å². The minimum absolute atomic E-state index is 0.932. The monoisotopic (exact) mass is 270 g/mol. The van der Waals surface area contributed by atoms with Gasteiger partial charge in [0.25, 0.3) is 0 Å². The number of pyridine rings is 1. The summed E-state index contributed by atoms with van der Waals surface area (Å²) >= 11 is 0. The molecule has 2 nitrogen and oxygen atoms in total. The Labute approximate surface area is 123 Å². The SMILES string of the molecule is C=C1/C(=N\C)c2cccnc2-c2ccc3ccccc3c21. The molecule has 1 aliphatic carbocycles. The van der Waals surface area contributed by atoms with E-state index in [4.69, 9.17) is 0 Å². The molecule has 0 aliphatic heterocycles. The number of benzene rings is 2. The number of rotatable bonds is 0. The van der Waals surface area contributed by atoms with Crippen LogP contribution in [0, 0.1) is 0 Å². The summed E-state index contributed by atoms with van der Waals surface area (Å²) in [5.41, 5.74) is 6.26. The number of nitrogens with zero attached hydrogens (tertiary/aromatic N) is 2. The van der Waals surface area contributed by atoms with Crippen molar-refractivity contribution in [1.29, 1.82) is 0 Å². The van der Waals surface area contributed by atoms with E-state index in [2.05, 4.69) is 59.0 Å². The Kier molecular flexibility index (Phi) is 2.51. The van der Waals surface area contributed by atoms with E-state index in [9.17, 15) is 0 Å². The normalized spacial score (nSPS) is 15.1. The predicted molar refractivity (Wildman–Crippen MR) is 88.7 cm³/mol. The molecule has 0 unspecified atom stereocenters. The lowest BCUT2D eigenvalue weighted by Gasteiger charge is -2.24. The molecule has 1 heterocycles. The summed E-state index contributed by atoms with van der Waals surface area (Å²) in [5, 5.41) is 2.42. The molecule has 0 amide bonds. The van der Waals surface area contributed by atoms with Gasteiger partial charge in [0.1, 0.15) is 0 Å². The van der Waals surface area contributed by atoms with E-state index in [-0.39, 0.29) is 0 Å². The fourth-order valence-corrected chi connectivity index (χ4v) is 3.14. The van der Waals surface area contributed by atoms with Crippen molar-refractivity contribution >= 4 is 22.1 Å². The first-order valence-corrected chi connectivity index (χ1v) is 6.95. The molecule has 0 fully saturated rings. The Bertz CT molecular complexity index is 920. The van der Waals surface area contributed by atoms with Crippen LogP contribution in [0.4, 0.5) is 0 Å². The van der Waals surface area contributed by atoms with Crippen molar-refractivity contribution in [2.24, 2.45) is 4.99 Å². The highest BCUT2D eigenvalue weighted by Gasteiger charge is 2.26. The minimum atomic E-state index is 0.932. The molecule has 21 heavy (non-hydrogen) atoms. The maximum atomic E-state index is 4.58. The van der Waals surface area contributed by atoms with Crippen LogP contribution < -0.4 is 0 Å². The van der Waals surface area contributed by atoms with Gasteiger partial charge < -0.3 is 0 Å². The summed E-state index contributed by atoms with van der Waals surface area (Å²) < 4.78 is 0. The van der Waals surface area contributed by atoms with Gasteiger partial charge in [0.05, 0.1) is 11.4 Å². The van der Waals surface area contributed by atoms with Gasteiger partial charge in [0, 0.05) is 35.5 Å². The van der Waals surface area contributed by atoms with Gasteiger partial charge in [-0.15, -0.1) is 0 Å². The van der Waals surface area contributed by atoms with Gasteiger partial charge in [0.2, 0.25) is 0 Å². The first-order valence-electron chi connectivity index (χ1n) is 6.95. The van der Waals surface area contributed by atoms with Crippen LogP contribution in [0.15, 0.2) is 66.3 Å². The van der Waals surface area contributed by atoms with Gasteiger partial charge in [0.15, 0.2) is 0 Å². The molecule has 100 valence electrons. The standard InChI is InChI=1S/C19H14N2/c1-12-17-14-7-4-3-6-13(14)9-10-15(17)19-16(18(12)20-2)8-5-11-21-19/h3-11H,1H2,2H3/b20-18+. The van der Waals surface area contributed by atoms with E-state index in [1.54, 1.807) is 0 Å². The smallest absolute Gasteiger partial charge is 0.0802 e. The van der Waals surface area contributed by atoms with Crippen molar-refractivity contribution in [2.45, 2.75) is 0 Å². The molecule has 0 radical (unpaired) electrons. The summed E-state index contributed by atoms with van der Waals surface area (Å²) in [5.74, 6) is 0. The predicted octanol–water partition coefficient (Wildman–Crippen LogP) is 4.35. The van der Waals surface area contributed by atoms with Gasteiger partial charge in [-0.1, -0.05) is 43.0 Å². The lowest BCUT2D eigenvalue weighted by Crippen LogP contribution is -2.13. The number of hydrogen-bond acceptors (Lipinski definition) is 2. The second kappa shape index (κ2) is 4.38. The van der Waals surface area contributed by atoms with Crippen LogP contribution in [0.2, 0.25) is 0 Å². The van der Waals surface area contributed by atoms with Crippen molar-refractivity contribution in [3.8, 4) is 11.3 Å². The van der Waals surface area contributed by atoms with Crippen molar-refractivity contribution in [2.75, 3.05) is 7.05 Å². The van der Waals surface area contributed by atoms with E-state index in [0.717, 1.165) is 33.7 Å². The first-order chi connectivity index (χ1) is 10.3. The molecule has 2 aromatic carbocycles. The molecule has 1 aromatic heterocycles. The summed E-state index contributed by atoms with van der Waals surface area (Å²) in [7, 11) is 1.81. The molecule has 0 bridgehead atoms. The average Bonchev–Trinajstić information content (AvgIpc) is 2.54. The molecule has 0 N–H and O–H groups in total. The van der Waals surface area contributed by atoms with Crippen LogP contribution in [0.5, 0.6) is 0 Å². The topological polar surface area (TPSA) is 25.2 Å². The van der Waals surface area contributed by atoms with Gasteiger partial charge >= 0.3 is 0 Å². The molecular formula is C19H14N2. The van der Waals surface area contributed by atoms with Gasteiger partial charge in [-0.3, -0.25) is 9.98 Å².